The van der Waals surface area contributed by atoms with E-state index in [1.165, 1.54) is 6.42 Å². The van der Waals surface area contributed by atoms with Crippen molar-refractivity contribution in [3.63, 3.8) is 0 Å². The summed E-state index contributed by atoms with van der Waals surface area (Å²) >= 11 is 0. The van der Waals surface area contributed by atoms with E-state index in [9.17, 15) is 4.79 Å². The molecule has 0 aromatic rings. The molecule has 0 aromatic carbocycles. The van der Waals surface area contributed by atoms with Gasteiger partial charge in [0.25, 0.3) is 0 Å². The highest BCUT2D eigenvalue weighted by atomic mass is 16.2. The topological polar surface area (TPSA) is 32.3 Å². The molecule has 2 fully saturated rings. The van der Waals surface area contributed by atoms with E-state index in [4.69, 9.17) is 0 Å². The fourth-order valence-corrected chi connectivity index (χ4v) is 4.87. The fraction of sp³-hybridized carbons (Fsp3) is 0.944. The lowest BCUT2D eigenvalue weighted by Crippen LogP contribution is -2.52. The van der Waals surface area contributed by atoms with E-state index in [2.05, 4.69) is 58.7 Å². The van der Waals surface area contributed by atoms with Crippen LogP contribution in [0.1, 0.15) is 74.1 Å². The SMILES string of the molecule is CCC1NC(C(C)C)N(C2CC(C)(C)CC(C)(C)C2)C1=O. The van der Waals surface area contributed by atoms with Gasteiger partial charge in [-0.2, -0.15) is 0 Å². The standard InChI is InChI=1S/C18H34N2O/c1-8-14-16(21)20(15(19-14)12(2)3)13-9-17(4,5)11-18(6,7)10-13/h12-15,19H,8-11H2,1-7H3. The van der Waals surface area contributed by atoms with Gasteiger partial charge < -0.3 is 4.90 Å². The van der Waals surface area contributed by atoms with Gasteiger partial charge in [0, 0.05) is 6.04 Å². The van der Waals surface area contributed by atoms with Crippen LogP contribution >= 0.6 is 0 Å². The Morgan fingerprint density at radius 2 is 1.71 bits per heavy atom. The number of hydrogen-bond donors (Lipinski definition) is 1. The first-order chi connectivity index (χ1) is 9.56. The second-order valence-electron chi connectivity index (χ2n) is 9.13. The van der Waals surface area contributed by atoms with E-state index in [0.717, 1.165) is 19.3 Å². The Balaban J connectivity index is 2.27. The highest BCUT2D eigenvalue weighted by Gasteiger charge is 2.48. The third kappa shape index (κ3) is 3.44. The summed E-state index contributed by atoms with van der Waals surface area (Å²) in [5.74, 6) is 0.786. The number of nitrogens with zero attached hydrogens (tertiary/aromatic N) is 1. The molecular weight excluding hydrogens is 260 g/mol. The van der Waals surface area contributed by atoms with Crippen molar-refractivity contribution in [3.8, 4) is 0 Å². The Bertz CT molecular complexity index is 384. The Hall–Kier alpha value is -0.570. The highest BCUT2D eigenvalue weighted by molar-refractivity contribution is 5.84. The van der Waals surface area contributed by atoms with Gasteiger partial charge in [0.15, 0.2) is 0 Å². The third-order valence-electron chi connectivity index (χ3n) is 5.19. The van der Waals surface area contributed by atoms with Crippen LogP contribution < -0.4 is 5.32 Å². The highest BCUT2D eigenvalue weighted by Crippen LogP contribution is 2.48. The Labute approximate surface area is 130 Å². The normalized spacial score (nSPS) is 33.0. The first-order valence-corrected chi connectivity index (χ1v) is 8.64. The van der Waals surface area contributed by atoms with Gasteiger partial charge >= 0.3 is 0 Å². The van der Waals surface area contributed by atoms with Gasteiger partial charge in [-0.25, -0.2) is 0 Å². The van der Waals surface area contributed by atoms with Crippen LogP contribution in [0.5, 0.6) is 0 Å². The second-order valence-corrected chi connectivity index (χ2v) is 9.13. The molecule has 2 unspecified atom stereocenters. The number of amides is 1. The molecule has 0 radical (unpaired) electrons. The molecule has 1 saturated heterocycles. The van der Waals surface area contributed by atoms with Gasteiger partial charge in [0.1, 0.15) is 0 Å². The Kier molecular flexibility index (Phi) is 4.45. The molecular formula is C18H34N2O. The first-order valence-electron chi connectivity index (χ1n) is 8.64. The molecule has 0 bridgehead atoms. The second kappa shape index (κ2) is 5.57. The van der Waals surface area contributed by atoms with Gasteiger partial charge in [-0.1, -0.05) is 48.5 Å². The van der Waals surface area contributed by atoms with Crippen molar-refractivity contribution in [2.24, 2.45) is 16.7 Å². The summed E-state index contributed by atoms with van der Waals surface area (Å²) in [6.45, 7) is 16.0. The monoisotopic (exact) mass is 294 g/mol. The van der Waals surface area contributed by atoms with Crippen LogP contribution in [0.3, 0.4) is 0 Å². The summed E-state index contributed by atoms with van der Waals surface area (Å²) in [6, 6.07) is 0.401. The molecule has 1 aliphatic heterocycles. The predicted octanol–water partition coefficient (Wildman–Crippen LogP) is 3.78. The minimum Gasteiger partial charge on any atom is -0.323 e. The van der Waals surface area contributed by atoms with Crippen LogP contribution in [0.25, 0.3) is 0 Å². The van der Waals surface area contributed by atoms with Crippen molar-refractivity contribution >= 4 is 5.91 Å². The average Bonchev–Trinajstić information content (AvgIpc) is 2.62. The Morgan fingerprint density at radius 3 is 2.14 bits per heavy atom. The summed E-state index contributed by atoms with van der Waals surface area (Å²) in [4.78, 5) is 15.0. The number of carbonyl (C=O) groups excluding carboxylic acids is 1. The van der Waals surface area contributed by atoms with E-state index >= 15 is 0 Å². The first kappa shape index (κ1) is 16.8. The maximum atomic E-state index is 12.8. The molecule has 3 nitrogen and oxygen atoms in total. The van der Waals surface area contributed by atoms with Crippen molar-refractivity contribution < 1.29 is 4.79 Å². The number of carbonyl (C=O) groups is 1. The molecule has 0 spiro atoms. The molecule has 1 amide bonds. The molecule has 2 aliphatic rings. The summed E-state index contributed by atoms with van der Waals surface area (Å²) in [6.07, 6.45) is 4.60. The third-order valence-corrected chi connectivity index (χ3v) is 5.19. The van der Waals surface area contributed by atoms with Crippen molar-refractivity contribution in [1.29, 1.82) is 0 Å². The smallest absolute Gasteiger partial charge is 0.241 e. The molecule has 2 rings (SSSR count). The van der Waals surface area contributed by atoms with Gasteiger partial charge in [0.05, 0.1) is 12.2 Å². The van der Waals surface area contributed by atoms with Crippen molar-refractivity contribution in [2.75, 3.05) is 0 Å². The average molecular weight is 294 g/mol. The van der Waals surface area contributed by atoms with Crippen LogP contribution in [0.4, 0.5) is 0 Å². The van der Waals surface area contributed by atoms with E-state index in [1.54, 1.807) is 0 Å². The van der Waals surface area contributed by atoms with Crippen LogP contribution in [-0.2, 0) is 4.79 Å². The van der Waals surface area contributed by atoms with Crippen LogP contribution in [0.2, 0.25) is 0 Å². The molecule has 1 aliphatic carbocycles. The van der Waals surface area contributed by atoms with Crippen molar-refractivity contribution in [3.05, 3.63) is 0 Å². The summed E-state index contributed by atoms with van der Waals surface area (Å²) in [7, 11) is 0. The van der Waals surface area contributed by atoms with Crippen molar-refractivity contribution in [1.82, 2.24) is 10.2 Å². The maximum absolute atomic E-state index is 12.8. The van der Waals surface area contributed by atoms with E-state index in [1.807, 2.05) is 0 Å². The molecule has 1 heterocycles. The molecule has 122 valence electrons. The van der Waals surface area contributed by atoms with Crippen LogP contribution in [0.15, 0.2) is 0 Å². The fourth-order valence-electron chi connectivity index (χ4n) is 4.87. The zero-order valence-electron chi connectivity index (χ0n) is 15.0. The van der Waals surface area contributed by atoms with E-state index < -0.39 is 0 Å². The predicted molar refractivity (Wildman–Crippen MR) is 87.9 cm³/mol. The Morgan fingerprint density at radius 1 is 1.19 bits per heavy atom. The number of rotatable bonds is 3. The molecule has 1 N–H and O–H groups in total. The zero-order valence-corrected chi connectivity index (χ0v) is 15.0. The molecule has 0 aromatic heterocycles. The lowest BCUT2D eigenvalue weighted by Gasteiger charge is -2.49. The van der Waals surface area contributed by atoms with Crippen LogP contribution in [-0.4, -0.2) is 29.1 Å². The maximum Gasteiger partial charge on any atom is 0.241 e. The van der Waals surface area contributed by atoms with Gasteiger partial charge in [-0.05, 0) is 42.4 Å². The quantitative estimate of drug-likeness (QED) is 0.859. The van der Waals surface area contributed by atoms with Gasteiger partial charge in [-0.15, -0.1) is 0 Å². The molecule has 21 heavy (non-hydrogen) atoms. The van der Waals surface area contributed by atoms with E-state index in [0.29, 0.717) is 28.7 Å². The minimum absolute atomic E-state index is 0.0190. The molecule has 3 heteroatoms. The summed E-state index contributed by atoms with van der Waals surface area (Å²) in [5.41, 5.74) is 0.636. The minimum atomic E-state index is 0.0190. The van der Waals surface area contributed by atoms with Crippen molar-refractivity contribution in [2.45, 2.75) is 92.4 Å². The molecule has 1 saturated carbocycles. The summed E-state index contributed by atoms with van der Waals surface area (Å²) in [5, 5.41) is 3.57. The zero-order chi connectivity index (χ0) is 16.0. The number of nitrogens with one attached hydrogen (secondary N) is 1. The summed E-state index contributed by atoms with van der Waals surface area (Å²) < 4.78 is 0. The largest absolute Gasteiger partial charge is 0.323 e. The molecule has 2 atom stereocenters. The van der Waals surface area contributed by atoms with Crippen LogP contribution in [0, 0.1) is 16.7 Å². The van der Waals surface area contributed by atoms with Gasteiger partial charge in [0.2, 0.25) is 5.91 Å². The lowest BCUT2D eigenvalue weighted by molar-refractivity contribution is -0.136. The van der Waals surface area contributed by atoms with E-state index in [-0.39, 0.29) is 12.2 Å². The number of hydrogen-bond acceptors (Lipinski definition) is 2. The lowest BCUT2D eigenvalue weighted by atomic mass is 9.63. The van der Waals surface area contributed by atoms with Gasteiger partial charge in [-0.3, -0.25) is 10.1 Å².